The van der Waals surface area contributed by atoms with Gasteiger partial charge in [-0.05, 0) is 41.2 Å². The Morgan fingerprint density at radius 3 is 2.48 bits per heavy atom. The molecule has 1 aliphatic rings. The molecule has 0 radical (unpaired) electrons. The topological polar surface area (TPSA) is 49.4 Å². The number of amides is 2. The lowest BCUT2D eigenvalue weighted by Crippen LogP contribution is -2.48. The number of benzene rings is 2. The van der Waals surface area contributed by atoms with Gasteiger partial charge in [-0.3, -0.25) is 9.59 Å². The summed E-state index contributed by atoms with van der Waals surface area (Å²) in [5.41, 5.74) is 1.74. The van der Waals surface area contributed by atoms with Gasteiger partial charge in [0, 0.05) is 18.8 Å². The molecular formula is C21H22F2N2O2. The number of fused-ring (bicyclic) bond motifs is 1. The zero-order chi connectivity index (χ0) is 19.8. The number of nitrogens with one attached hydrogen (secondary N) is 1. The van der Waals surface area contributed by atoms with E-state index in [2.05, 4.69) is 5.32 Å². The predicted molar refractivity (Wildman–Crippen MR) is 99.5 cm³/mol. The molecule has 6 heteroatoms. The maximum Gasteiger partial charge on any atom is 0.249 e. The molecule has 0 saturated carbocycles. The monoisotopic (exact) mass is 372 g/mol. The van der Waals surface area contributed by atoms with E-state index in [0.717, 1.165) is 29.4 Å². The summed E-state index contributed by atoms with van der Waals surface area (Å²) in [6, 6.07) is 9.93. The third-order valence-electron chi connectivity index (χ3n) is 4.96. The van der Waals surface area contributed by atoms with E-state index in [1.807, 2.05) is 38.1 Å². The van der Waals surface area contributed by atoms with Crippen LogP contribution in [0.15, 0.2) is 42.5 Å². The molecule has 1 unspecified atom stereocenters. The van der Waals surface area contributed by atoms with Crippen LogP contribution in [-0.2, 0) is 21.4 Å². The van der Waals surface area contributed by atoms with Crippen molar-refractivity contribution in [2.45, 2.75) is 38.1 Å². The van der Waals surface area contributed by atoms with Crippen molar-refractivity contribution in [3.63, 3.8) is 0 Å². The molecule has 0 aromatic heterocycles. The number of hydrogen-bond donors (Lipinski definition) is 1. The largest absolute Gasteiger partial charge is 0.344 e. The van der Waals surface area contributed by atoms with E-state index < -0.39 is 23.6 Å². The molecule has 3 rings (SSSR count). The van der Waals surface area contributed by atoms with Gasteiger partial charge in [0.1, 0.15) is 17.7 Å². The highest BCUT2D eigenvalue weighted by molar-refractivity contribution is 6.00. The fraction of sp³-hybridized carbons (Fsp3) is 0.333. The molecule has 0 aliphatic carbocycles. The number of carbonyl (C=O) groups is 2. The first kappa shape index (κ1) is 19.0. The van der Waals surface area contributed by atoms with Crippen LogP contribution in [-0.4, -0.2) is 24.9 Å². The van der Waals surface area contributed by atoms with Crippen molar-refractivity contribution < 1.29 is 18.4 Å². The molecule has 0 spiro atoms. The molecule has 1 atom stereocenters. The number of para-hydroxylation sites is 1. The third kappa shape index (κ3) is 3.99. The first-order chi connectivity index (χ1) is 12.7. The summed E-state index contributed by atoms with van der Waals surface area (Å²) >= 11 is 0. The molecule has 2 aromatic carbocycles. The molecule has 4 nitrogen and oxygen atoms in total. The summed E-state index contributed by atoms with van der Waals surface area (Å²) in [6.07, 6.45) is 0.228. The van der Waals surface area contributed by atoms with Crippen LogP contribution in [0.4, 0.5) is 14.5 Å². The molecule has 1 aliphatic heterocycles. The molecule has 0 saturated heterocycles. The molecule has 1 heterocycles. The van der Waals surface area contributed by atoms with Crippen molar-refractivity contribution in [3.05, 3.63) is 65.2 Å². The molecule has 27 heavy (non-hydrogen) atoms. The average molecular weight is 372 g/mol. The molecule has 0 fully saturated rings. The normalized spacial score (nSPS) is 18.6. The molecule has 1 N–H and O–H groups in total. The second-order valence-corrected chi connectivity index (χ2v) is 7.58. The van der Waals surface area contributed by atoms with E-state index in [0.29, 0.717) is 6.42 Å². The second kappa shape index (κ2) is 7.10. The summed E-state index contributed by atoms with van der Waals surface area (Å²) < 4.78 is 26.6. The maximum absolute atomic E-state index is 13.3. The Morgan fingerprint density at radius 2 is 1.81 bits per heavy atom. The summed E-state index contributed by atoms with van der Waals surface area (Å²) in [5, 5.41) is 2.74. The minimum atomic E-state index is -0.736. The number of halogens is 2. The highest BCUT2D eigenvalue weighted by Gasteiger charge is 2.38. The van der Waals surface area contributed by atoms with Gasteiger partial charge in [-0.15, -0.1) is 0 Å². The van der Waals surface area contributed by atoms with E-state index >= 15 is 0 Å². The Bertz CT molecular complexity index is 875. The van der Waals surface area contributed by atoms with E-state index in [-0.39, 0.29) is 23.3 Å². The highest BCUT2D eigenvalue weighted by atomic mass is 19.1. The van der Waals surface area contributed by atoms with Crippen LogP contribution >= 0.6 is 0 Å². The smallest absolute Gasteiger partial charge is 0.249 e. The van der Waals surface area contributed by atoms with Crippen LogP contribution in [0.2, 0.25) is 0 Å². The van der Waals surface area contributed by atoms with Crippen molar-refractivity contribution in [1.82, 2.24) is 5.32 Å². The number of likely N-dealkylation sites (N-methyl/N-ethyl adjacent to an activating group) is 1. The lowest BCUT2D eigenvalue weighted by atomic mass is 9.79. The number of nitrogens with zero attached hydrogens (tertiary/aromatic N) is 1. The Balaban J connectivity index is 1.81. The van der Waals surface area contributed by atoms with Crippen molar-refractivity contribution in [2.75, 3.05) is 11.9 Å². The third-order valence-corrected chi connectivity index (χ3v) is 4.96. The Kier molecular flexibility index (Phi) is 5.00. The van der Waals surface area contributed by atoms with Crippen LogP contribution in [0.25, 0.3) is 0 Å². The Hall–Kier alpha value is -2.76. The zero-order valence-electron chi connectivity index (χ0n) is 15.6. The fourth-order valence-electron chi connectivity index (χ4n) is 3.65. The van der Waals surface area contributed by atoms with Gasteiger partial charge in [-0.1, -0.05) is 32.0 Å². The van der Waals surface area contributed by atoms with Crippen LogP contribution in [0, 0.1) is 11.6 Å². The van der Waals surface area contributed by atoms with Gasteiger partial charge in [-0.25, -0.2) is 8.78 Å². The number of anilines is 1. The van der Waals surface area contributed by atoms with Crippen LogP contribution in [0.5, 0.6) is 0 Å². The number of hydrogen-bond acceptors (Lipinski definition) is 2. The first-order valence-corrected chi connectivity index (χ1v) is 8.79. The molecule has 142 valence electrons. The SMILES string of the molecule is CN1C(=O)C(NC(=O)Cc2cc(F)cc(F)c2)CC(C)(C)c2ccccc21. The minimum Gasteiger partial charge on any atom is -0.344 e. The van der Waals surface area contributed by atoms with Gasteiger partial charge in [0.15, 0.2) is 0 Å². The van der Waals surface area contributed by atoms with E-state index in [1.54, 1.807) is 11.9 Å². The van der Waals surface area contributed by atoms with E-state index in [4.69, 9.17) is 0 Å². The highest BCUT2D eigenvalue weighted by Crippen LogP contribution is 2.38. The van der Waals surface area contributed by atoms with Gasteiger partial charge >= 0.3 is 0 Å². The lowest BCUT2D eigenvalue weighted by Gasteiger charge is -2.27. The number of rotatable bonds is 3. The fourth-order valence-corrected chi connectivity index (χ4v) is 3.65. The zero-order valence-corrected chi connectivity index (χ0v) is 15.6. The molecule has 2 aromatic rings. The quantitative estimate of drug-likeness (QED) is 0.898. The predicted octanol–water partition coefficient (Wildman–Crippen LogP) is 3.34. The van der Waals surface area contributed by atoms with Gasteiger partial charge in [-0.2, -0.15) is 0 Å². The summed E-state index contributed by atoms with van der Waals surface area (Å²) in [4.78, 5) is 26.9. The van der Waals surface area contributed by atoms with E-state index in [1.165, 1.54) is 0 Å². The summed E-state index contributed by atoms with van der Waals surface area (Å²) in [6.45, 7) is 4.05. The van der Waals surface area contributed by atoms with Crippen molar-refractivity contribution in [1.29, 1.82) is 0 Å². The lowest BCUT2D eigenvalue weighted by molar-refractivity contribution is -0.127. The summed E-state index contributed by atoms with van der Waals surface area (Å²) in [7, 11) is 1.68. The van der Waals surface area contributed by atoms with Crippen LogP contribution in [0.3, 0.4) is 0 Å². The molecular weight excluding hydrogens is 350 g/mol. The minimum absolute atomic E-state index is 0.199. The number of carbonyl (C=O) groups excluding carboxylic acids is 2. The van der Waals surface area contributed by atoms with Crippen molar-refractivity contribution in [3.8, 4) is 0 Å². The van der Waals surface area contributed by atoms with E-state index in [9.17, 15) is 18.4 Å². The first-order valence-electron chi connectivity index (χ1n) is 8.79. The maximum atomic E-state index is 13.3. The van der Waals surface area contributed by atoms with Gasteiger partial charge < -0.3 is 10.2 Å². The van der Waals surface area contributed by atoms with Gasteiger partial charge in [0.25, 0.3) is 0 Å². The van der Waals surface area contributed by atoms with Gasteiger partial charge in [0.2, 0.25) is 11.8 Å². The Morgan fingerprint density at radius 1 is 1.19 bits per heavy atom. The summed E-state index contributed by atoms with van der Waals surface area (Å²) in [5.74, 6) is -2.14. The van der Waals surface area contributed by atoms with Crippen LogP contribution < -0.4 is 10.2 Å². The molecule has 2 amide bonds. The average Bonchev–Trinajstić information content (AvgIpc) is 2.64. The van der Waals surface area contributed by atoms with Gasteiger partial charge in [0.05, 0.1) is 6.42 Å². The Labute approximate surface area is 157 Å². The second-order valence-electron chi connectivity index (χ2n) is 7.58. The molecule has 0 bridgehead atoms. The standard InChI is InChI=1S/C21H22F2N2O2/c1-21(2)12-17(20(27)25(3)18-7-5-4-6-16(18)21)24-19(26)10-13-8-14(22)11-15(23)9-13/h4-9,11,17H,10,12H2,1-3H3,(H,24,26). The van der Waals surface area contributed by atoms with Crippen molar-refractivity contribution in [2.24, 2.45) is 0 Å². The van der Waals surface area contributed by atoms with Crippen LogP contribution in [0.1, 0.15) is 31.4 Å². The van der Waals surface area contributed by atoms with Crippen molar-refractivity contribution >= 4 is 17.5 Å².